The topological polar surface area (TPSA) is 9.23 Å². The highest BCUT2D eigenvalue weighted by Gasteiger charge is 2.07. The van der Waals surface area contributed by atoms with Crippen LogP contribution >= 0.6 is 12.2 Å². The largest absolute Gasteiger partial charge is 0.546 e. The fourth-order valence-corrected chi connectivity index (χ4v) is 1.60. The van der Waals surface area contributed by atoms with Crippen LogP contribution in [0.5, 0.6) is 0 Å². The van der Waals surface area contributed by atoms with E-state index in [2.05, 4.69) is 6.08 Å². The Morgan fingerprint density at radius 1 is 1.60 bits per heavy atom. The van der Waals surface area contributed by atoms with Gasteiger partial charge in [0.15, 0.2) is 5.05 Å². The first-order chi connectivity index (χ1) is 4.84. The lowest BCUT2D eigenvalue weighted by Crippen LogP contribution is -2.05. The second-order valence-electron chi connectivity index (χ2n) is 2.47. The molecule has 0 heterocycles. The molecule has 1 aliphatic carbocycles. The zero-order valence-electron chi connectivity index (χ0n) is 6.22. The highest BCUT2D eigenvalue weighted by Crippen LogP contribution is 2.18. The molecule has 0 aromatic carbocycles. The molecule has 0 fully saturated rings. The van der Waals surface area contributed by atoms with Gasteiger partial charge >= 0.3 is 0 Å². The van der Waals surface area contributed by atoms with Crippen LogP contribution in [0.4, 0.5) is 0 Å². The van der Waals surface area contributed by atoms with Gasteiger partial charge < -0.3 is 4.43 Å². The molecule has 0 amide bonds. The third-order valence-corrected chi connectivity index (χ3v) is 2.87. The number of hydrogen-bond acceptors (Lipinski definition) is 2. The van der Waals surface area contributed by atoms with E-state index in [0.717, 1.165) is 22.0 Å². The van der Waals surface area contributed by atoms with Gasteiger partial charge in [-0.2, -0.15) is 0 Å². The Hall–Kier alpha value is -0.153. The smallest absolute Gasteiger partial charge is 0.205 e. The first kappa shape index (κ1) is 7.95. The number of thiocarbonyl (C=S) groups is 1. The van der Waals surface area contributed by atoms with Crippen LogP contribution in [-0.2, 0) is 4.43 Å². The minimum atomic E-state index is 0.724. The van der Waals surface area contributed by atoms with Crippen molar-refractivity contribution in [3.8, 4) is 0 Å². The number of hydrogen-bond donors (Lipinski definition) is 0. The Morgan fingerprint density at radius 2 is 2.40 bits per heavy atom. The SMILES string of the molecule is [SiH3]OC(=S)C1=CCCCC1. The molecule has 0 unspecified atom stereocenters. The molecule has 0 saturated carbocycles. The summed E-state index contributed by atoms with van der Waals surface area (Å²) in [6, 6.07) is 0. The van der Waals surface area contributed by atoms with Crippen molar-refractivity contribution in [3.63, 3.8) is 0 Å². The lowest BCUT2D eigenvalue weighted by atomic mass is 10.0. The molecule has 1 rings (SSSR count). The fourth-order valence-electron chi connectivity index (χ4n) is 1.15. The van der Waals surface area contributed by atoms with Crippen molar-refractivity contribution in [2.45, 2.75) is 25.7 Å². The van der Waals surface area contributed by atoms with Crippen molar-refractivity contribution in [2.24, 2.45) is 0 Å². The van der Waals surface area contributed by atoms with E-state index >= 15 is 0 Å². The summed E-state index contributed by atoms with van der Waals surface area (Å²) in [6.07, 6.45) is 7.11. The highest BCUT2D eigenvalue weighted by atomic mass is 32.1. The van der Waals surface area contributed by atoms with Crippen LogP contribution in [0.15, 0.2) is 11.6 Å². The lowest BCUT2D eigenvalue weighted by Gasteiger charge is -2.12. The third kappa shape index (κ3) is 1.92. The van der Waals surface area contributed by atoms with E-state index in [0.29, 0.717) is 0 Å². The molecular formula is C7H12OSSi. The molecule has 0 aromatic rings. The standard InChI is InChI=1S/C7H12OSSi/c9-7(8-10)6-4-2-1-3-5-6/h4H,1-3,5H2,10H3. The molecular weight excluding hydrogens is 160 g/mol. The summed E-state index contributed by atoms with van der Waals surface area (Å²) in [4.78, 5) is 0. The van der Waals surface area contributed by atoms with Gasteiger partial charge in [-0.05, 0) is 37.9 Å². The van der Waals surface area contributed by atoms with Crippen LogP contribution in [0, 0.1) is 0 Å². The van der Waals surface area contributed by atoms with Gasteiger partial charge in [0.25, 0.3) is 0 Å². The van der Waals surface area contributed by atoms with Crippen LogP contribution in [0.2, 0.25) is 0 Å². The zero-order chi connectivity index (χ0) is 7.40. The van der Waals surface area contributed by atoms with Crippen molar-refractivity contribution in [1.82, 2.24) is 0 Å². The average Bonchev–Trinajstić information content (AvgIpc) is 2.05. The highest BCUT2D eigenvalue weighted by molar-refractivity contribution is 7.80. The van der Waals surface area contributed by atoms with Crippen LogP contribution in [0.25, 0.3) is 0 Å². The van der Waals surface area contributed by atoms with Crippen LogP contribution < -0.4 is 0 Å². The molecule has 0 N–H and O–H groups in total. The number of rotatable bonds is 1. The number of allylic oxidation sites excluding steroid dienone is 1. The van der Waals surface area contributed by atoms with Crippen LogP contribution in [-0.4, -0.2) is 15.5 Å². The summed E-state index contributed by atoms with van der Waals surface area (Å²) in [6.45, 7) is 0. The van der Waals surface area contributed by atoms with Crippen molar-refractivity contribution < 1.29 is 4.43 Å². The van der Waals surface area contributed by atoms with Crippen LogP contribution in [0.3, 0.4) is 0 Å². The predicted octanol–water partition coefficient (Wildman–Crippen LogP) is 1.11. The maximum absolute atomic E-state index is 5.09. The van der Waals surface area contributed by atoms with E-state index in [9.17, 15) is 0 Å². The summed E-state index contributed by atoms with van der Waals surface area (Å²) < 4.78 is 5.09. The van der Waals surface area contributed by atoms with Crippen molar-refractivity contribution in [2.75, 3.05) is 0 Å². The Kier molecular flexibility index (Phi) is 3.09. The normalized spacial score (nSPS) is 18.2. The van der Waals surface area contributed by atoms with Crippen molar-refractivity contribution in [1.29, 1.82) is 0 Å². The minimum Gasteiger partial charge on any atom is -0.546 e. The van der Waals surface area contributed by atoms with Crippen molar-refractivity contribution in [3.05, 3.63) is 11.6 Å². The van der Waals surface area contributed by atoms with E-state index in [1.54, 1.807) is 0 Å². The maximum atomic E-state index is 5.09. The van der Waals surface area contributed by atoms with E-state index in [1.165, 1.54) is 24.8 Å². The molecule has 56 valence electrons. The first-order valence-corrected chi connectivity index (χ1v) is 4.84. The van der Waals surface area contributed by atoms with Gasteiger partial charge in [0.1, 0.15) is 0 Å². The van der Waals surface area contributed by atoms with Gasteiger partial charge in [-0.3, -0.25) is 0 Å². The minimum absolute atomic E-state index is 0.724. The molecule has 1 aliphatic rings. The Morgan fingerprint density at radius 3 is 2.90 bits per heavy atom. The zero-order valence-corrected chi connectivity index (χ0v) is 9.04. The van der Waals surface area contributed by atoms with E-state index in [4.69, 9.17) is 16.6 Å². The molecule has 0 saturated heterocycles. The Balaban J connectivity index is 2.53. The predicted molar refractivity (Wildman–Crippen MR) is 50.2 cm³/mol. The molecule has 10 heavy (non-hydrogen) atoms. The fraction of sp³-hybridized carbons (Fsp3) is 0.571. The molecule has 0 atom stereocenters. The van der Waals surface area contributed by atoms with Gasteiger partial charge in [-0.1, -0.05) is 6.08 Å². The van der Waals surface area contributed by atoms with Gasteiger partial charge in [0, 0.05) is 5.57 Å². The quantitative estimate of drug-likeness (QED) is 0.433. The van der Waals surface area contributed by atoms with Gasteiger partial charge in [0.05, 0.1) is 0 Å². The summed E-state index contributed by atoms with van der Waals surface area (Å²) in [5.74, 6) is 0. The van der Waals surface area contributed by atoms with E-state index in [1.807, 2.05) is 0 Å². The van der Waals surface area contributed by atoms with Gasteiger partial charge in [-0.25, -0.2) is 0 Å². The second kappa shape index (κ2) is 3.88. The van der Waals surface area contributed by atoms with Crippen LogP contribution in [0.1, 0.15) is 25.7 Å². The summed E-state index contributed by atoms with van der Waals surface area (Å²) in [7, 11) is 0.724. The maximum Gasteiger partial charge on any atom is 0.205 e. The molecule has 0 aliphatic heterocycles. The monoisotopic (exact) mass is 172 g/mol. The second-order valence-corrected chi connectivity index (χ2v) is 3.25. The lowest BCUT2D eigenvalue weighted by molar-refractivity contribution is 0.613. The Bertz CT molecular complexity index is 165. The molecule has 1 nitrogen and oxygen atoms in total. The molecule has 3 heteroatoms. The first-order valence-electron chi connectivity index (χ1n) is 3.62. The molecule has 0 bridgehead atoms. The van der Waals surface area contributed by atoms with E-state index in [-0.39, 0.29) is 0 Å². The molecule has 0 spiro atoms. The summed E-state index contributed by atoms with van der Waals surface area (Å²) >= 11 is 5.02. The molecule has 0 radical (unpaired) electrons. The third-order valence-electron chi connectivity index (χ3n) is 1.74. The average molecular weight is 172 g/mol. The summed E-state index contributed by atoms with van der Waals surface area (Å²) in [5.41, 5.74) is 1.26. The van der Waals surface area contributed by atoms with Gasteiger partial charge in [-0.15, -0.1) is 0 Å². The van der Waals surface area contributed by atoms with E-state index < -0.39 is 0 Å². The van der Waals surface area contributed by atoms with Crippen molar-refractivity contribution >= 4 is 27.8 Å². The van der Waals surface area contributed by atoms with Gasteiger partial charge in [0.2, 0.25) is 10.5 Å². The molecule has 0 aromatic heterocycles. The summed E-state index contributed by atoms with van der Waals surface area (Å²) in [5, 5.41) is 0.742. The Labute approximate surface area is 70.0 Å².